The van der Waals surface area contributed by atoms with Gasteiger partial charge in [-0.25, -0.2) is 18.9 Å². The monoisotopic (exact) mass is 315 g/mol. The Kier molecular flexibility index (Phi) is 3.04. The highest BCUT2D eigenvalue weighted by atomic mass is 32.2. The molecular weight excluding hydrogens is 301 g/mol. The van der Waals surface area contributed by atoms with Gasteiger partial charge in [-0.05, 0) is 43.4 Å². The summed E-state index contributed by atoms with van der Waals surface area (Å²) < 4.78 is 14.7. The Bertz CT molecular complexity index is 851. The SMILES string of the molecule is Cc1cc(-c2cn(SF)c3nccc(C4CC4)c23)nc(N)n1. The number of nitrogens with two attached hydrogens (primary N) is 1. The Morgan fingerprint density at radius 1 is 1.36 bits per heavy atom. The average Bonchev–Trinajstić information content (AvgIpc) is 3.26. The predicted octanol–water partition coefficient (Wildman–Crippen LogP) is 3.64. The normalized spacial score (nSPS) is 14.6. The number of aromatic nitrogens is 4. The second-order valence-corrected chi connectivity index (χ2v) is 6.09. The molecule has 22 heavy (non-hydrogen) atoms. The minimum atomic E-state index is 0.143. The zero-order valence-corrected chi connectivity index (χ0v) is 12.8. The van der Waals surface area contributed by atoms with E-state index in [0.29, 0.717) is 17.3 Å². The second kappa shape index (κ2) is 4.95. The minimum Gasteiger partial charge on any atom is -0.368 e. The molecule has 0 bridgehead atoms. The van der Waals surface area contributed by atoms with Gasteiger partial charge in [0, 0.05) is 29.0 Å². The molecule has 0 aliphatic heterocycles. The van der Waals surface area contributed by atoms with Crippen LogP contribution in [0.5, 0.6) is 0 Å². The van der Waals surface area contributed by atoms with Crippen LogP contribution in [0.3, 0.4) is 0 Å². The largest absolute Gasteiger partial charge is 0.368 e. The van der Waals surface area contributed by atoms with Crippen LogP contribution in [0.4, 0.5) is 9.83 Å². The molecule has 0 spiro atoms. The fourth-order valence-electron chi connectivity index (χ4n) is 2.86. The summed E-state index contributed by atoms with van der Waals surface area (Å²) in [5.74, 6) is 0.755. The van der Waals surface area contributed by atoms with Crippen LogP contribution in [0, 0.1) is 6.92 Å². The van der Waals surface area contributed by atoms with Gasteiger partial charge in [-0.2, -0.15) is 0 Å². The Labute approximate surface area is 131 Å². The molecule has 0 aromatic carbocycles. The first kappa shape index (κ1) is 13.5. The van der Waals surface area contributed by atoms with Gasteiger partial charge in [0.1, 0.15) is 0 Å². The summed E-state index contributed by atoms with van der Waals surface area (Å²) in [6.07, 6.45) is 5.80. The third-order valence-electron chi connectivity index (χ3n) is 3.93. The van der Waals surface area contributed by atoms with E-state index in [2.05, 4.69) is 15.0 Å². The Hall–Kier alpha value is -2.15. The van der Waals surface area contributed by atoms with E-state index in [0.717, 1.165) is 29.5 Å². The summed E-state index contributed by atoms with van der Waals surface area (Å²) in [7, 11) is 0. The third-order valence-corrected chi connectivity index (χ3v) is 4.35. The van der Waals surface area contributed by atoms with E-state index in [1.54, 1.807) is 12.4 Å². The highest BCUT2D eigenvalue weighted by Crippen LogP contribution is 2.45. The lowest BCUT2D eigenvalue weighted by atomic mass is 10.0. The molecule has 5 nitrogen and oxygen atoms in total. The molecule has 0 amide bonds. The average molecular weight is 315 g/mol. The Balaban J connectivity index is 2.04. The molecule has 0 radical (unpaired) electrons. The van der Waals surface area contributed by atoms with Crippen LogP contribution in [-0.2, 0) is 0 Å². The first-order chi connectivity index (χ1) is 10.7. The lowest BCUT2D eigenvalue weighted by Crippen LogP contribution is -1.98. The maximum Gasteiger partial charge on any atom is 0.220 e. The van der Waals surface area contributed by atoms with Gasteiger partial charge in [-0.15, -0.1) is 3.89 Å². The fourth-order valence-corrected chi connectivity index (χ4v) is 3.21. The van der Waals surface area contributed by atoms with Gasteiger partial charge in [-0.3, -0.25) is 0 Å². The topological polar surface area (TPSA) is 69.6 Å². The van der Waals surface area contributed by atoms with E-state index < -0.39 is 0 Å². The molecule has 1 saturated carbocycles. The first-order valence-electron chi connectivity index (χ1n) is 7.08. The van der Waals surface area contributed by atoms with Crippen LogP contribution < -0.4 is 5.73 Å². The van der Waals surface area contributed by atoms with Gasteiger partial charge in [-0.1, -0.05) is 0 Å². The number of rotatable bonds is 3. The molecule has 7 heteroatoms. The Morgan fingerprint density at radius 3 is 2.86 bits per heavy atom. The fraction of sp³-hybridized carbons (Fsp3) is 0.267. The van der Waals surface area contributed by atoms with E-state index in [-0.39, 0.29) is 18.3 Å². The van der Waals surface area contributed by atoms with Crippen molar-refractivity contribution >= 4 is 29.3 Å². The molecule has 112 valence electrons. The van der Waals surface area contributed by atoms with Crippen LogP contribution in [0.1, 0.15) is 30.0 Å². The van der Waals surface area contributed by atoms with Gasteiger partial charge in [0.05, 0.1) is 5.69 Å². The number of fused-ring (bicyclic) bond motifs is 1. The molecule has 4 rings (SSSR count). The van der Waals surface area contributed by atoms with Crippen LogP contribution in [0.25, 0.3) is 22.3 Å². The van der Waals surface area contributed by atoms with Crippen LogP contribution >= 0.6 is 12.3 Å². The number of anilines is 1. The summed E-state index contributed by atoms with van der Waals surface area (Å²) in [6, 6.07) is 3.89. The molecular formula is C15H14FN5S. The molecule has 1 fully saturated rings. The van der Waals surface area contributed by atoms with Crippen LogP contribution in [0.15, 0.2) is 24.5 Å². The van der Waals surface area contributed by atoms with Crippen molar-refractivity contribution in [1.29, 1.82) is 0 Å². The zero-order chi connectivity index (χ0) is 15.3. The van der Waals surface area contributed by atoms with Crippen molar-refractivity contribution in [3.63, 3.8) is 0 Å². The number of hydrogen-bond acceptors (Lipinski definition) is 5. The van der Waals surface area contributed by atoms with Crippen molar-refractivity contribution in [2.45, 2.75) is 25.7 Å². The van der Waals surface area contributed by atoms with Crippen molar-refractivity contribution in [1.82, 2.24) is 18.9 Å². The summed E-state index contributed by atoms with van der Waals surface area (Å²) in [5, 5.41) is 0.965. The number of aryl methyl sites for hydroxylation is 1. The standard InChI is InChI=1S/C15H14FN5S/c1-8-6-12(20-15(17)19-8)11-7-21(22-16)14-13(11)10(4-5-18-14)9-2-3-9/h4-7,9H,2-3H2,1H3,(H2,17,19,20). The summed E-state index contributed by atoms with van der Waals surface area (Å²) >= 11 is 0.143. The van der Waals surface area contributed by atoms with E-state index in [1.807, 2.05) is 19.1 Å². The third kappa shape index (κ3) is 2.12. The van der Waals surface area contributed by atoms with Crippen molar-refractivity contribution in [3.05, 3.63) is 35.8 Å². The van der Waals surface area contributed by atoms with Crippen LogP contribution in [0.2, 0.25) is 0 Å². The Morgan fingerprint density at radius 2 is 2.18 bits per heavy atom. The number of halogens is 1. The van der Waals surface area contributed by atoms with Crippen LogP contribution in [-0.4, -0.2) is 18.9 Å². The molecule has 0 unspecified atom stereocenters. The van der Waals surface area contributed by atoms with Gasteiger partial charge in [0.2, 0.25) is 5.95 Å². The van der Waals surface area contributed by atoms with Gasteiger partial charge in [0.15, 0.2) is 18.0 Å². The summed E-state index contributed by atoms with van der Waals surface area (Å²) in [4.78, 5) is 12.8. The zero-order valence-electron chi connectivity index (χ0n) is 12.0. The second-order valence-electron chi connectivity index (χ2n) is 5.56. The van der Waals surface area contributed by atoms with E-state index in [9.17, 15) is 3.89 Å². The minimum absolute atomic E-state index is 0.143. The molecule has 2 N–H and O–H groups in total. The molecule has 1 aliphatic rings. The van der Waals surface area contributed by atoms with Gasteiger partial charge in [0.25, 0.3) is 0 Å². The molecule has 3 aromatic rings. The first-order valence-corrected chi connectivity index (χ1v) is 7.75. The summed E-state index contributed by atoms with van der Waals surface area (Å²) in [6.45, 7) is 1.87. The predicted molar refractivity (Wildman–Crippen MR) is 86.0 cm³/mol. The van der Waals surface area contributed by atoms with E-state index >= 15 is 0 Å². The quantitative estimate of drug-likeness (QED) is 0.799. The highest BCUT2D eigenvalue weighted by molar-refractivity contribution is 7.92. The number of nitrogen functional groups attached to an aromatic ring is 1. The van der Waals surface area contributed by atoms with E-state index in [4.69, 9.17) is 5.73 Å². The van der Waals surface area contributed by atoms with Gasteiger partial charge < -0.3 is 5.73 Å². The number of hydrogen-bond donors (Lipinski definition) is 1. The van der Waals surface area contributed by atoms with Crippen molar-refractivity contribution in [2.24, 2.45) is 0 Å². The van der Waals surface area contributed by atoms with Crippen molar-refractivity contribution < 1.29 is 3.89 Å². The lowest BCUT2D eigenvalue weighted by Gasteiger charge is -2.05. The molecule has 3 aromatic heterocycles. The smallest absolute Gasteiger partial charge is 0.220 e. The van der Waals surface area contributed by atoms with E-state index in [1.165, 1.54) is 9.54 Å². The number of pyridine rings is 1. The lowest BCUT2D eigenvalue weighted by molar-refractivity contribution is 0.919. The molecule has 0 atom stereocenters. The maximum atomic E-state index is 13.3. The van der Waals surface area contributed by atoms with Crippen molar-refractivity contribution in [3.8, 4) is 11.3 Å². The molecule has 1 aliphatic carbocycles. The molecule has 0 saturated heterocycles. The highest BCUT2D eigenvalue weighted by Gasteiger charge is 2.28. The summed E-state index contributed by atoms with van der Waals surface area (Å²) in [5.41, 5.74) is 9.95. The van der Waals surface area contributed by atoms with Crippen molar-refractivity contribution in [2.75, 3.05) is 5.73 Å². The molecule has 3 heterocycles. The maximum absolute atomic E-state index is 13.3. The number of nitrogens with zero attached hydrogens (tertiary/aromatic N) is 4. The van der Waals surface area contributed by atoms with Gasteiger partial charge >= 0.3 is 0 Å².